The van der Waals surface area contributed by atoms with E-state index in [1.807, 2.05) is 60.7 Å². The lowest BCUT2D eigenvalue weighted by Gasteiger charge is -2.09. The third kappa shape index (κ3) is 4.24. The van der Waals surface area contributed by atoms with E-state index in [1.165, 1.54) is 16.9 Å². The van der Waals surface area contributed by atoms with Crippen molar-refractivity contribution in [2.24, 2.45) is 0 Å². The third-order valence-electron chi connectivity index (χ3n) is 4.93. The summed E-state index contributed by atoms with van der Waals surface area (Å²) in [6, 6.07) is 23.6. The standard InChI is InChI=1S/C25H20N4O2S/c1-16-4-3-5-18(14-16)27-25-29-28-24(32-25)17-6-8-19(9-7-17)31-23-12-13-26-22-15-20(30-2)10-11-21(22)23/h3-15H,1-2H3,(H,27,29). The van der Waals surface area contributed by atoms with Crippen molar-refractivity contribution in [1.82, 2.24) is 15.2 Å². The van der Waals surface area contributed by atoms with Crippen LogP contribution in [0.3, 0.4) is 0 Å². The Bertz CT molecular complexity index is 1380. The SMILES string of the molecule is COc1ccc2c(Oc3ccc(-c4nnc(Nc5cccc(C)c5)s4)cc3)ccnc2c1. The fraction of sp³-hybridized carbons (Fsp3) is 0.0800. The minimum Gasteiger partial charge on any atom is -0.497 e. The highest BCUT2D eigenvalue weighted by Crippen LogP contribution is 2.33. The number of fused-ring (bicyclic) bond motifs is 1. The summed E-state index contributed by atoms with van der Waals surface area (Å²) < 4.78 is 11.4. The van der Waals surface area contributed by atoms with Gasteiger partial charge in [-0.05, 0) is 67.1 Å². The molecule has 7 heteroatoms. The predicted octanol–water partition coefficient (Wildman–Crippen LogP) is 6.61. The van der Waals surface area contributed by atoms with Gasteiger partial charge in [0, 0.05) is 28.9 Å². The average Bonchev–Trinajstić information content (AvgIpc) is 3.28. The van der Waals surface area contributed by atoms with Gasteiger partial charge in [0.25, 0.3) is 0 Å². The molecule has 0 saturated carbocycles. The molecule has 32 heavy (non-hydrogen) atoms. The van der Waals surface area contributed by atoms with Gasteiger partial charge in [0.1, 0.15) is 22.3 Å². The molecule has 0 bridgehead atoms. The fourth-order valence-corrected chi connectivity index (χ4v) is 4.12. The van der Waals surface area contributed by atoms with Crippen LogP contribution in [-0.2, 0) is 0 Å². The van der Waals surface area contributed by atoms with Crippen molar-refractivity contribution in [1.29, 1.82) is 0 Å². The van der Waals surface area contributed by atoms with Crippen LogP contribution in [0, 0.1) is 6.92 Å². The number of anilines is 2. The Morgan fingerprint density at radius 3 is 2.53 bits per heavy atom. The molecule has 0 atom stereocenters. The van der Waals surface area contributed by atoms with E-state index in [4.69, 9.17) is 9.47 Å². The number of aromatic nitrogens is 3. The molecule has 5 rings (SSSR count). The summed E-state index contributed by atoms with van der Waals surface area (Å²) in [6.45, 7) is 2.06. The van der Waals surface area contributed by atoms with Gasteiger partial charge in [0.15, 0.2) is 0 Å². The van der Waals surface area contributed by atoms with Crippen molar-refractivity contribution in [3.8, 4) is 27.8 Å². The molecule has 0 radical (unpaired) electrons. The van der Waals surface area contributed by atoms with E-state index >= 15 is 0 Å². The Balaban J connectivity index is 1.33. The summed E-state index contributed by atoms with van der Waals surface area (Å²) in [7, 11) is 1.64. The number of nitrogens with zero attached hydrogens (tertiary/aromatic N) is 3. The van der Waals surface area contributed by atoms with Gasteiger partial charge in [-0.25, -0.2) is 0 Å². The Morgan fingerprint density at radius 2 is 1.72 bits per heavy atom. The Morgan fingerprint density at radius 1 is 0.875 bits per heavy atom. The third-order valence-corrected chi connectivity index (χ3v) is 5.82. The Kier molecular flexibility index (Phi) is 5.39. The van der Waals surface area contributed by atoms with E-state index in [9.17, 15) is 0 Å². The van der Waals surface area contributed by atoms with Gasteiger partial charge in [-0.2, -0.15) is 0 Å². The molecule has 2 aromatic heterocycles. The van der Waals surface area contributed by atoms with Crippen molar-refractivity contribution in [3.63, 3.8) is 0 Å². The van der Waals surface area contributed by atoms with Crippen LogP contribution in [-0.4, -0.2) is 22.3 Å². The second kappa shape index (κ2) is 8.64. The summed E-state index contributed by atoms with van der Waals surface area (Å²) in [5.74, 6) is 2.24. The molecule has 2 heterocycles. The van der Waals surface area contributed by atoms with Crippen molar-refractivity contribution in [3.05, 3.63) is 84.6 Å². The molecular formula is C25H20N4O2S. The van der Waals surface area contributed by atoms with Gasteiger partial charge >= 0.3 is 0 Å². The summed E-state index contributed by atoms with van der Waals surface area (Å²) in [6.07, 6.45) is 1.73. The molecule has 5 aromatic rings. The highest BCUT2D eigenvalue weighted by atomic mass is 32.1. The van der Waals surface area contributed by atoms with Gasteiger partial charge in [-0.1, -0.05) is 23.5 Å². The van der Waals surface area contributed by atoms with E-state index in [1.54, 1.807) is 13.3 Å². The van der Waals surface area contributed by atoms with Crippen LogP contribution in [0.25, 0.3) is 21.5 Å². The molecule has 1 N–H and O–H groups in total. The second-order valence-corrected chi connectivity index (χ2v) is 8.20. The number of rotatable bonds is 6. The first kappa shape index (κ1) is 20.0. The first-order valence-electron chi connectivity index (χ1n) is 10.1. The molecule has 6 nitrogen and oxygen atoms in total. The summed E-state index contributed by atoms with van der Waals surface area (Å²) >= 11 is 1.51. The van der Waals surface area contributed by atoms with Crippen LogP contribution in [0.4, 0.5) is 10.8 Å². The molecular weight excluding hydrogens is 420 g/mol. The van der Waals surface area contributed by atoms with E-state index < -0.39 is 0 Å². The monoisotopic (exact) mass is 440 g/mol. The highest BCUT2D eigenvalue weighted by Gasteiger charge is 2.09. The number of hydrogen-bond donors (Lipinski definition) is 1. The topological polar surface area (TPSA) is 69.2 Å². The van der Waals surface area contributed by atoms with Crippen LogP contribution < -0.4 is 14.8 Å². The van der Waals surface area contributed by atoms with E-state index in [0.717, 1.165) is 49.5 Å². The van der Waals surface area contributed by atoms with Gasteiger partial charge in [0.05, 0.1) is 12.6 Å². The lowest BCUT2D eigenvalue weighted by molar-refractivity contribution is 0.415. The van der Waals surface area contributed by atoms with Crippen LogP contribution in [0.1, 0.15) is 5.56 Å². The number of aryl methyl sites for hydroxylation is 1. The van der Waals surface area contributed by atoms with E-state index in [2.05, 4.69) is 39.6 Å². The maximum absolute atomic E-state index is 6.13. The van der Waals surface area contributed by atoms with Gasteiger partial charge < -0.3 is 14.8 Å². The first-order chi connectivity index (χ1) is 15.7. The van der Waals surface area contributed by atoms with Crippen molar-refractivity contribution < 1.29 is 9.47 Å². The molecule has 0 amide bonds. The van der Waals surface area contributed by atoms with Gasteiger partial charge in [-0.15, -0.1) is 10.2 Å². The lowest BCUT2D eigenvalue weighted by atomic mass is 10.2. The van der Waals surface area contributed by atoms with E-state index in [0.29, 0.717) is 0 Å². The van der Waals surface area contributed by atoms with Gasteiger partial charge in [0.2, 0.25) is 5.13 Å². The molecule has 0 fully saturated rings. The molecule has 0 saturated heterocycles. The van der Waals surface area contributed by atoms with Crippen LogP contribution in [0.2, 0.25) is 0 Å². The normalized spacial score (nSPS) is 10.8. The number of nitrogens with one attached hydrogen (secondary N) is 1. The average molecular weight is 441 g/mol. The number of methoxy groups -OCH3 is 1. The molecule has 0 unspecified atom stereocenters. The zero-order chi connectivity index (χ0) is 21.9. The lowest BCUT2D eigenvalue weighted by Crippen LogP contribution is -1.89. The molecule has 0 aliphatic carbocycles. The number of benzene rings is 3. The Hall–Kier alpha value is -3.97. The molecule has 0 aliphatic heterocycles. The molecule has 0 spiro atoms. The minimum absolute atomic E-state index is 0.736. The maximum atomic E-state index is 6.13. The molecule has 0 aliphatic rings. The zero-order valence-corrected chi connectivity index (χ0v) is 18.4. The quantitative estimate of drug-likeness (QED) is 0.320. The van der Waals surface area contributed by atoms with Crippen LogP contribution in [0.5, 0.6) is 17.2 Å². The number of hydrogen-bond acceptors (Lipinski definition) is 7. The van der Waals surface area contributed by atoms with Gasteiger partial charge in [-0.3, -0.25) is 4.98 Å². The zero-order valence-electron chi connectivity index (χ0n) is 17.6. The predicted molar refractivity (Wildman–Crippen MR) is 128 cm³/mol. The minimum atomic E-state index is 0.736. The van der Waals surface area contributed by atoms with Crippen LogP contribution in [0.15, 0.2) is 79.0 Å². The molecule has 3 aromatic carbocycles. The van der Waals surface area contributed by atoms with Crippen molar-refractivity contribution in [2.75, 3.05) is 12.4 Å². The largest absolute Gasteiger partial charge is 0.497 e. The fourth-order valence-electron chi connectivity index (χ4n) is 3.35. The van der Waals surface area contributed by atoms with Crippen molar-refractivity contribution >= 4 is 33.1 Å². The number of ether oxygens (including phenoxy) is 2. The highest BCUT2D eigenvalue weighted by molar-refractivity contribution is 7.18. The maximum Gasteiger partial charge on any atom is 0.210 e. The summed E-state index contributed by atoms with van der Waals surface area (Å²) in [5.41, 5.74) is 3.99. The number of pyridine rings is 1. The first-order valence-corrected chi connectivity index (χ1v) is 10.9. The molecule has 158 valence electrons. The second-order valence-electron chi connectivity index (χ2n) is 7.23. The Labute approximate surface area is 189 Å². The van der Waals surface area contributed by atoms with Crippen LogP contribution >= 0.6 is 11.3 Å². The summed E-state index contributed by atoms with van der Waals surface area (Å²) in [4.78, 5) is 4.40. The van der Waals surface area contributed by atoms with E-state index in [-0.39, 0.29) is 0 Å². The summed E-state index contributed by atoms with van der Waals surface area (Å²) in [5, 5.41) is 14.4. The smallest absolute Gasteiger partial charge is 0.210 e. The van der Waals surface area contributed by atoms with Crippen molar-refractivity contribution in [2.45, 2.75) is 6.92 Å².